The predicted molar refractivity (Wildman–Crippen MR) is 64.1 cm³/mol. The lowest BCUT2D eigenvalue weighted by Gasteiger charge is -2.34. The molecule has 112 valence electrons. The third-order valence-electron chi connectivity index (χ3n) is 2.79. The third-order valence-corrected chi connectivity index (χ3v) is 4.02. The average Bonchev–Trinajstić information content (AvgIpc) is 2.39. The van der Waals surface area contributed by atoms with Crippen LogP contribution < -0.4 is 4.74 Å². The molecule has 1 aromatic heterocycles. The van der Waals surface area contributed by atoms with Crippen LogP contribution in [0, 0.1) is 0 Å². The molecule has 0 amide bonds. The van der Waals surface area contributed by atoms with E-state index in [0.717, 1.165) is 30.2 Å². The summed E-state index contributed by atoms with van der Waals surface area (Å²) in [5.41, 5.74) is -2.13. The van der Waals surface area contributed by atoms with Gasteiger partial charge < -0.3 is 20.1 Å². The summed E-state index contributed by atoms with van der Waals surface area (Å²) >= 11 is 0.920. The van der Waals surface area contributed by atoms with Crippen LogP contribution in [0.25, 0.3) is 0 Å². The number of alkyl halides is 3. The molecular formula is C11H12F3NO4S. The molecule has 1 aliphatic heterocycles. The number of hydrogen-bond donors (Lipinski definition) is 3. The number of aliphatic hydroxyl groups is 3. The van der Waals surface area contributed by atoms with E-state index >= 15 is 0 Å². The van der Waals surface area contributed by atoms with Crippen molar-refractivity contribution in [2.24, 2.45) is 0 Å². The van der Waals surface area contributed by atoms with Crippen LogP contribution in [-0.4, -0.2) is 49.8 Å². The molecule has 0 radical (unpaired) electrons. The van der Waals surface area contributed by atoms with Crippen molar-refractivity contribution in [2.45, 2.75) is 29.9 Å². The lowest BCUT2D eigenvalue weighted by atomic mass is 10.1. The van der Waals surface area contributed by atoms with Gasteiger partial charge in [-0.05, 0) is 6.07 Å². The van der Waals surface area contributed by atoms with Crippen molar-refractivity contribution in [3.8, 4) is 5.75 Å². The number of aliphatic hydroxyl groups excluding tert-OH is 3. The molecule has 20 heavy (non-hydrogen) atoms. The Kier molecular flexibility index (Phi) is 4.43. The van der Waals surface area contributed by atoms with Crippen molar-refractivity contribution < 1.29 is 33.2 Å². The number of pyridine rings is 1. The van der Waals surface area contributed by atoms with E-state index < -0.39 is 41.2 Å². The maximum absolute atomic E-state index is 12.8. The molecule has 9 heteroatoms. The van der Waals surface area contributed by atoms with Crippen molar-refractivity contribution in [2.75, 3.05) is 5.75 Å². The van der Waals surface area contributed by atoms with Crippen LogP contribution in [-0.2, 0) is 6.18 Å². The van der Waals surface area contributed by atoms with E-state index in [4.69, 9.17) is 4.74 Å². The zero-order valence-electron chi connectivity index (χ0n) is 9.99. The maximum atomic E-state index is 12.8. The standard InChI is InChI=1S/C11H12F3NO4S/c12-11(13,14)5-1-2-15-3-7(5)19-10-9(18)8(17)6(16)4-20-10/h1-3,6,8-10,16-18H,4H2/t6-,8+,9-,10+/m1/s1. The van der Waals surface area contributed by atoms with E-state index in [0.29, 0.717) is 0 Å². The van der Waals surface area contributed by atoms with Gasteiger partial charge in [-0.15, -0.1) is 11.8 Å². The molecule has 0 bridgehead atoms. The van der Waals surface area contributed by atoms with Crippen LogP contribution in [0.4, 0.5) is 13.2 Å². The fourth-order valence-corrected chi connectivity index (χ4v) is 2.83. The Hall–Kier alpha value is -1.03. The summed E-state index contributed by atoms with van der Waals surface area (Å²) < 4.78 is 43.4. The summed E-state index contributed by atoms with van der Waals surface area (Å²) in [6.07, 6.45) is -6.84. The normalized spacial score (nSPS) is 31.1. The number of nitrogens with zero attached hydrogens (tertiary/aromatic N) is 1. The van der Waals surface area contributed by atoms with Crippen LogP contribution in [0.3, 0.4) is 0 Å². The highest BCUT2D eigenvalue weighted by Gasteiger charge is 2.40. The van der Waals surface area contributed by atoms with Gasteiger partial charge in [0.15, 0.2) is 11.2 Å². The first kappa shape index (κ1) is 15.4. The zero-order chi connectivity index (χ0) is 14.9. The van der Waals surface area contributed by atoms with E-state index in [-0.39, 0.29) is 5.75 Å². The minimum Gasteiger partial charge on any atom is -0.475 e. The van der Waals surface area contributed by atoms with Crippen LogP contribution in [0.1, 0.15) is 5.56 Å². The van der Waals surface area contributed by atoms with E-state index in [2.05, 4.69) is 4.98 Å². The summed E-state index contributed by atoms with van der Waals surface area (Å²) in [5, 5.41) is 28.5. The van der Waals surface area contributed by atoms with Gasteiger partial charge in [0.2, 0.25) is 0 Å². The average molecular weight is 311 g/mol. The molecule has 0 aliphatic carbocycles. The Bertz CT molecular complexity index is 473. The van der Waals surface area contributed by atoms with Crippen LogP contribution >= 0.6 is 11.8 Å². The highest BCUT2D eigenvalue weighted by molar-refractivity contribution is 7.99. The number of rotatable bonds is 2. The first-order valence-electron chi connectivity index (χ1n) is 5.64. The molecule has 5 nitrogen and oxygen atoms in total. The lowest BCUT2D eigenvalue weighted by Crippen LogP contribution is -2.50. The Morgan fingerprint density at radius 2 is 1.95 bits per heavy atom. The van der Waals surface area contributed by atoms with Gasteiger partial charge in [-0.2, -0.15) is 13.2 Å². The summed E-state index contributed by atoms with van der Waals surface area (Å²) in [6, 6.07) is 0.764. The molecule has 0 aromatic carbocycles. The molecule has 1 fully saturated rings. The number of aromatic nitrogens is 1. The van der Waals surface area contributed by atoms with Crippen molar-refractivity contribution in [1.82, 2.24) is 4.98 Å². The molecule has 2 heterocycles. The van der Waals surface area contributed by atoms with E-state index in [1.807, 2.05) is 0 Å². The molecule has 0 saturated carbocycles. The van der Waals surface area contributed by atoms with Crippen LogP contribution in [0.15, 0.2) is 18.5 Å². The van der Waals surface area contributed by atoms with Crippen LogP contribution in [0.5, 0.6) is 5.75 Å². The first-order valence-corrected chi connectivity index (χ1v) is 6.69. The summed E-state index contributed by atoms with van der Waals surface area (Å²) in [6.45, 7) is 0. The number of halogens is 3. The first-order chi connectivity index (χ1) is 9.30. The fraction of sp³-hybridized carbons (Fsp3) is 0.545. The van der Waals surface area contributed by atoms with Gasteiger partial charge >= 0.3 is 6.18 Å². The Morgan fingerprint density at radius 3 is 2.60 bits per heavy atom. The Labute approximate surface area is 116 Å². The summed E-state index contributed by atoms with van der Waals surface area (Å²) in [7, 11) is 0. The molecule has 1 aliphatic rings. The molecule has 4 atom stereocenters. The van der Waals surface area contributed by atoms with Gasteiger partial charge in [0.05, 0.1) is 12.3 Å². The van der Waals surface area contributed by atoms with Gasteiger partial charge in [-0.3, -0.25) is 4.98 Å². The number of hydrogen-bond acceptors (Lipinski definition) is 6. The minimum absolute atomic E-state index is 0.0461. The maximum Gasteiger partial charge on any atom is 0.420 e. The van der Waals surface area contributed by atoms with Crippen molar-refractivity contribution in [3.63, 3.8) is 0 Å². The third kappa shape index (κ3) is 3.17. The van der Waals surface area contributed by atoms with Crippen LogP contribution in [0.2, 0.25) is 0 Å². The molecule has 3 N–H and O–H groups in total. The molecule has 0 spiro atoms. The quantitative estimate of drug-likeness (QED) is 0.743. The summed E-state index contributed by atoms with van der Waals surface area (Å²) in [5.74, 6) is -0.482. The molecule has 1 aromatic rings. The van der Waals surface area contributed by atoms with E-state index in [1.165, 1.54) is 0 Å². The monoisotopic (exact) mass is 311 g/mol. The van der Waals surface area contributed by atoms with Crippen molar-refractivity contribution >= 4 is 11.8 Å². The fourth-order valence-electron chi connectivity index (χ4n) is 1.72. The smallest absolute Gasteiger partial charge is 0.420 e. The van der Waals surface area contributed by atoms with Gasteiger partial charge in [0.1, 0.15) is 17.8 Å². The zero-order valence-corrected chi connectivity index (χ0v) is 10.8. The lowest BCUT2D eigenvalue weighted by molar-refractivity contribution is -0.140. The molecular weight excluding hydrogens is 299 g/mol. The number of thioether (sulfide) groups is 1. The van der Waals surface area contributed by atoms with Gasteiger partial charge in [0, 0.05) is 11.9 Å². The SMILES string of the molecule is O[C@@H]1[C@@H](O)[C@@H](Oc2cnccc2C(F)(F)F)SC[C@H]1O. The predicted octanol–water partition coefficient (Wildman–Crippen LogP) is 0.635. The van der Waals surface area contributed by atoms with Gasteiger partial charge in [-0.25, -0.2) is 0 Å². The van der Waals surface area contributed by atoms with E-state index in [1.54, 1.807) is 0 Å². The minimum atomic E-state index is -4.61. The summed E-state index contributed by atoms with van der Waals surface area (Å²) in [4.78, 5) is 3.56. The topological polar surface area (TPSA) is 82.8 Å². The molecule has 1 saturated heterocycles. The highest BCUT2D eigenvalue weighted by atomic mass is 32.2. The second kappa shape index (κ2) is 5.76. The largest absolute Gasteiger partial charge is 0.475 e. The second-order valence-electron chi connectivity index (χ2n) is 4.24. The van der Waals surface area contributed by atoms with Crippen molar-refractivity contribution in [1.29, 1.82) is 0 Å². The molecule has 2 rings (SSSR count). The number of ether oxygens (including phenoxy) is 1. The Morgan fingerprint density at radius 1 is 1.25 bits per heavy atom. The Balaban J connectivity index is 2.19. The van der Waals surface area contributed by atoms with E-state index in [9.17, 15) is 28.5 Å². The van der Waals surface area contributed by atoms with Gasteiger partial charge in [0.25, 0.3) is 0 Å². The van der Waals surface area contributed by atoms with Crippen molar-refractivity contribution in [3.05, 3.63) is 24.0 Å². The second-order valence-corrected chi connectivity index (χ2v) is 5.37. The molecule has 0 unspecified atom stereocenters. The highest BCUT2D eigenvalue weighted by Crippen LogP contribution is 2.38. The van der Waals surface area contributed by atoms with Gasteiger partial charge in [-0.1, -0.05) is 0 Å².